The molecule has 9 nitrogen and oxygen atoms in total. The predicted molar refractivity (Wildman–Crippen MR) is 151 cm³/mol. The van der Waals surface area contributed by atoms with Crippen molar-refractivity contribution in [3.05, 3.63) is 70.8 Å². The summed E-state index contributed by atoms with van der Waals surface area (Å²) in [6.07, 6.45) is 2.52. The SMILES string of the molecule is CN/C=C(\C=N)[S+]([O-])Nc1nc(Oc2cccc(N3CCN(C)CC3)c2)c(C)c(-c2ccccc2C)n1. The fourth-order valence-electron chi connectivity index (χ4n) is 4.09. The van der Waals surface area contributed by atoms with E-state index in [0.717, 1.165) is 54.8 Å². The van der Waals surface area contributed by atoms with Gasteiger partial charge in [0.15, 0.2) is 0 Å². The van der Waals surface area contributed by atoms with Crippen LogP contribution in [0.4, 0.5) is 11.6 Å². The number of likely N-dealkylation sites (N-methyl/N-ethyl adjacent to an activating group) is 1. The molecule has 0 spiro atoms. The van der Waals surface area contributed by atoms with Crippen LogP contribution in [0.25, 0.3) is 11.3 Å². The smallest absolute Gasteiger partial charge is 0.269 e. The molecule has 194 valence electrons. The first-order valence-electron chi connectivity index (χ1n) is 12.1. The highest BCUT2D eigenvalue weighted by Crippen LogP contribution is 2.34. The van der Waals surface area contributed by atoms with Gasteiger partial charge in [0.05, 0.1) is 18.1 Å². The van der Waals surface area contributed by atoms with Crippen molar-refractivity contribution in [2.45, 2.75) is 13.8 Å². The average molecular weight is 520 g/mol. The largest absolute Gasteiger partial charge is 0.588 e. The van der Waals surface area contributed by atoms with Gasteiger partial charge in [-0.15, -0.1) is 0 Å². The van der Waals surface area contributed by atoms with E-state index in [-0.39, 0.29) is 10.9 Å². The lowest BCUT2D eigenvalue weighted by molar-refractivity contribution is 0.312. The van der Waals surface area contributed by atoms with Crippen molar-refractivity contribution in [1.29, 1.82) is 5.41 Å². The van der Waals surface area contributed by atoms with Crippen LogP contribution >= 0.6 is 0 Å². The van der Waals surface area contributed by atoms with Crippen LogP contribution in [0.1, 0.15) is 11.1 Å². The standard InChI is InChI=1S/C27H33N7O2S/c1-19-8-5-6-11-24(19)25-20(2)26(31-27(30-25)32-37(35)23(17-28)18-29-3)36-22-10-7-9-21(16-22)34-14-12-33(4)13-15-34/h5-11,16-18,28-29H,12-15H2,1-4H3,(H,30,31,32)/b23-18+,28-17?. The molecule has 0 amide bonds. The second-order valence-electron chi connectivity index (χ2n) is 8.88. The number of piperazine rings is 1. The van der Waals surface area contributed by atoms with Gasteiger partial charge in [-0.3, -0.25) is 0 Å². The number of benzene rings is 2. The molecule has 1 saturated heterocycles. The maximum Gasteiger partial charge on any atom is 0.269 e. The quantitative estimate of drug-likeness (QED) is 0.286. The Hall–Kier alpha value is -3.60. The first-order chi connectivity index (χ1) is 17.9. The maximum atomic E-state index is 12.9. The first kappa shape index (κ1) is 26.5. The van der Waals surface area contributed by atoms with E-state index < -0.39 is 11.4 Å². The third kappa shape index (κ3) is 6.40. The van der Waals surface area contributed by atoms with Crippen LogP contribution in [0.15, 0.2) is 59.6 Å². The van der Waals surface area contributed by atoms with Crippen molar-refractivity contribution in [3.63, 3.8) is 0 Å². The number of nitrogens with one attached hydrogen (secondary N) is 3. The number of anilines is 2. The van der Waals surface area contributed by atoms with Gasteiger partial charge in [0.25, 0.3) is 5.95 Å². The molecule has 0 aliphatic carbocycles. The Morgan fingerprint density at radius 1 is 1.08 bits per heavy atom. The lowest BCUT2D eigenvalue weighted by Gasteiger charge is -2.34. The van der Waals surface area contributed by atoms with E-state index in [2.05, 4.69) is 42.9 Å². The van der Waals surface area contributed by atoms with E-state index >= 15 is 0 Å². The minimum atomic E-state index is -1.74. The van der Waals surface area contributed by atoms with Gasteiger partial charge < -0.3 is 29.8 Å². The molecule has 1 aromatic heterocycles. The molecule has 0 saturated carbocycles. The molecule has 1 fully saturated rings. The van der Waals surface area contributed by atoms with Gasteiger partial charge in [-0.2, -0.15) is 9.71 Å². The summed E-state index contributed by atoms with van der Waals surface area (Å²) in [4.78, 5) is 14.2. The zero-order valence-corrected chi connectivity index (χ0v) is 22.4. The molecule has 37 heavy (non-hydrogen) atoms. The van der Waals surface area contributed by atoms with E-state index in [4.69, 9.17) is 10.1 Å². The van der Waals surface area contributed by atoms with Crippen molar-refractivity contribution in [2.24, 2.45) is 0 Å². The Kier molecular flexibility index (Phi) is 8.65. The molecule has 0 radical (unpaired) electrons. The van der Waals surface area contributed by atoms with Gasteiger partial charge in [0.1, 0.15) is 17.1 Å². The highest BCUT2D eigenvalue weighted by molar-refractivity contribution is 7.97. The summed E-state index contributed by atoms with van der Waals surface area (Å²) in [6, 6.07) is 15.9. The number of nitrogens with zero attached hydrogens (tertiary/aromatic N) is 4. The third-order valence-corrected chi connectivity index (χ3v) is 7.26. The molecule has 0 bridgehead atoms. The van der Waals surface area contributed by atoms with E-state index in [0.29, 0.717) is 17.3 Å². The number of ether oxygens (including phenoxy) is 1. The van der Waals surface area contributed by atoms with Gasteiger partial charge in [-0.25, -0.2) is 4.98 Å². The molecule has 1 unspecified atom stereocenters. The summed E-state index contributed by atoms with van der Waals surface area (Å²) in [6.45, 7) is 7.89. The fraction of sp³-hybridized carbons (Fsp3) is 0.296. The summed E-state index contributed by atoms with van der Waals surface area (Å²) < 4.78 is 22.0. The number of rotatable bonds is 9. The Labute approximate surface area is 221 Å². The monoisotopic (exact) mass is 519 g/mol. The Bertz CT molecular complexity index is 1280. The van der Waals surface area contributed by atoms with Crippen LogP contribution < -0.4 is 19.7 Å². The molecule has 10 heteroatoms. The van der Waals surface area contributed by atoms with Crippen molar-refractivity contribution >= 4 is 29.2 Å². The molecule has 1 aliphatic rings. The van der Waals surface area contributed by atoms with E-state index in [1.165, 1.54) is 6.20 Å². The van der Waals surface area contributed by atoms with Gasteiger partial charge in [0, 0.05) is 56.1 Å². The molecule has 1 atom stereocenters. The van der Waals surface area contributed by atoms with Crippen LogP contribution in [0, 0.1) is 19.3 Å². The fourth-order valence-corrected chi connectivity index (χ4v) is 4.80. The lowest BCUT2D eigenvalue weighted by Crippen LogP contribution is -2.44. The molecule has 2 heterocycles. The zero-order chi connectivity index (χ0) is 26.4. The molecule has 3 aromatic rings. The number of aromatic nitrogens is 2. The number of allylic oxidation sites excluding steroid dienone is 1. The minimum absolute atomic E-state index is 0.149. The summed E-state index contributed by atoms with van der Waals surface area (Å²) in [5.74, 6) is 1.19. The lowest BCUT2D eigenvalue weighted by atomic mass is 10.0. The van der Waals surface area contributed by atoms with E-state index in [1.54, 1.807) is 7.05 Å². The number of hydrogen-bond donors (Lipinski definition) is 3. The zero-order valence-electron chi connectivity index (χ0n) is 21.6. The molecular formula is C27H33N7O2S. The highest BCUT2D eigenvalue weighted by atomic mass is 32.2. The number of hydrogen-bond acceptors (Lipinski definition) is 9. The van der Waals surface area contributed by atoms with Crippen LogP contribution in [0.3, 0.4) is 0 Å². The maximum absolute atomic E-state index is 12.9. The molecule has 2 aromatic carbocycles. The van der Waals surface area contributed by atoms with Gasteiger partial charge in [-0.1, -0.05) is 30.3 Å². The summed E-state index contributed by atoms with van der Waals surface area (Å²) in [5, 5.41) is 10.4. The van der Waals surface area contributed by atoms with Gasteiger partial charge >= 0.3 is 0 Å². The molecular weight excluding hydrogens is 486 g/mol. The van der Waals surface area contributed by atoms with Crippen molar-refractivity contribution in [3.8, 4) is 22.9 Å². The second kappa shape index (κ2) is 12.1. The topological polar surface area (TPSA) is 112 Å². The van der Waals surface area contributed by atoms with Crippen LogP contribution in [0.5, 0.6) is 11.6 Å². The summed E-state index contributed by atoms with van der Waals surface area (Å²) >= 11 is -1.74. The normalized spacial score (nSPS) is 15.3. The highest BCUT2D eigenvalue weighted by Gasteiger charge is 2.21. The van der Waals surface area contributed by atoms with Crippen molar-refractivity contribution in [2.75, 3.05) is 49.9 Å². The van der Waals surface area contributed by atoms with Crippen molar-refractivity contribution < 1.29 is 9.29 Å². The Balaban J connectivity index is 1.70. The number of aryl methyl sites for hydroxylation is 1. The molecule has 1 aliphatic heterocycles. The Morgan fingerprint density at radius 3 is 2.54 bits per heavy atom. The Morgan fingerprint density at radius 2 is 1.84 bits per heavy atom. The van der Waals surface area contributed by atoms with Crippen LogP contribution in [-0.2, 0) is 11.4 Å². The summed E-state index contributed by atoms with van der Waals surface area (Å²) in [5.41, 5.74) is 4.55. The van der Waals surface area contributed by atoms with Crippen LogP contribution in [-0.4, -0.2) is 65.9 Å². The van der Waals surface area contributed by atoms with Crippen molar-refractivity contribution in [1.82, 2.24) is 20.2 Å². The molecule has 3 N–H and O–H groups in total. The average Bonchev–Trinajstić information content (AvgIpc) is 2.90. The first-order valence-corrected chi connectivity index (χ1v) is 13.3. The second-order valence-corrected chi connectivity index (χ2v) is 10.1. The van der Waals surface area contributed by atoms with Crippen LogP contribution in [0.2, 0.25) is 0 Å². The third-order valence-electron chi connectivity index (χ3n) is 6.23. The molecule has 4 rings (SSSR count). The predicted octanol–water partition coefficient (Wildman–Crippen LogP) is 4.09. The van der Waals surface area contributed by atoms with Gasteiger partial charge in [0.2, 0.25) is 10.8 Å². The minimum Gasteiger partial charge on any atom is -0.588 e. The van der Waals surface area contributed by atoms with Gasteiger partial charge in [-0.05, 0) is 38.6 Å². The van der Waals surface area contributed by atoms with E-state index in [1.807, 2.05) is 56.3 Å². The summed E-state index contributed by atoms with van der Waals surface area (Å²) in [7, 11) is 3.82. The van der Waals surface area contributed by atoms with E-state index in [9.17, 15) is 4.55 Å².